The lowest BCUT2D eigenvalue weighted by atomic mass is 9.74. The maximum Gasteiger partial charge on any atom is 0.231 e. The molecule has 0 unspecified atom stereocenters. The zero-order valence-electron chi connectivity index (χ0n) is 12.2. The Hall–Kier alpha value is -1.62. The number of aryl methyl sites for hydroxylation is 1. The Morgan fingerprint density at radius 1 is 1.45 bits per heavy atom. The summed E-state index contributed by atoms with van der Waals surface area (Å²) in [6, 6.07) is 3.28. The van der Waals surface area contributed by atoms with Crippen LogP contribution in [0.2, 0.25) is 0 Å². The predicted molar refractivity (Wildman–Crippen MR) is 78.7 cm³/mol. The lowest BCUT2D eigenvalue weighted by molar-refractivity contribution is -0.127. The largest absolute Gasteiger partial charge is 0.504 e. The standard InChI is InChI=1S/C15H23N3O2/c1-3-6-15(7-9-16-10-8-15)14(20)18-13-12(19)5-4-11(2)17-13/h4-5,16,19H,3,6-10H2,1-2H3,(H,17,18,20). The minimum Gasteiger partial charge on any atom is -0.504 e. The number of nitrogens with zero attached hydrogens (tertiary/aromatic N) is 1. The number of hydrogen-bond donors (Lipinski definition) is 3. The first-order valence-electron chi connectivity index (χ1n) is 7.26. The third-order valence-corrected chi connectivity index (χ3v) is 4.02. The molecule has 5 nitrogen and oxygen atoms in total. The first-order chi connectivity index (χ1) is 9.57. The molecule has 0 saturated carbocycles. The molecule has 0 radical (unpaired) electrons. The molecule has 1 amide bonds. The zero-order chi connectivity index (χ0) is 14.6. The molecule has 0 aliphatic carbocycles. The van der Waals surface area contributed by atoms with Gasteiger partial charge in [0.1, 0.15) is 0 Å². The first-order valence-corrected chi connectivity index (χ1v) is 7.26. The number of hydrogen-bond acceptors (Lipinski definition) is 4. The van der Waals surface area contributed by atoms with Gasteiger partial charge < -0.3 is 15.7 Å². The number of pyridine rings is 1. The minimum absolute atomic E-state index is 0.0181. The number of rotatable bonds is 4. The molecule has 2 rings (SSSR count). The van der Waals surface area contributed by atoms with Gasteiger partial charge in [-0.25, -0.2) is 4.98 Å². The Morgan fingerprint density at radius 2 is 2.15 bits per heavy atom. The summed E-state index contributed by atoms with van der Waals surface area (Å²) in [5.74, 6) is 0.266. The van der Waals surface area contributed by atoms with Crippen molar-refractivity contribution in [2.75, 3.05) is 18.4 Å². The number of nitrogens with one attached hydrogen (secondary N) is 2. The highest BCUT2D eigenvalue weighted by Crippen LogP contribution is 2.36. The van der Waals surface area contributed by atoms with Crippen LogP contribution in [0.3, 0.4) is 0 Å². The van der Waals surface area contributed by atoms with Gasteiger partial charge in [0.05, 0.1) is 5.41 Å². The van der Waals surface area contributed by atoms with Crippen LogP contribution in [0.4, 0.5) is 5.82 Å². The molecular formula is C15H23N3O2. The second-order valence-corrected chi connectivity index (χ2v) is 5.55. The van der Waals surface area contributed by atoms with Crippen molar-refractivity contribution in [1.29, 1.82) is 0 Å². The highest BCUT2D eigenvalue weighted by molar-refractivity contribution is 5.95. The van der Waals surface area contributed by atoms with E-state index in [2.05, 4.69) is 22.5 Å². The van der Waals surface area contributed by atoms with E-state index >= 15 is 0 Å². The molecule has 5 heteroatoms. The van der Waals surface area contributed by atoms with Crippen LogP contribution >= 0.6 is 0 Å². The van der Waals surface area contributed by atoms with E-state index in [1.807, 2.05) is 6.92 Å². The van der Waals surface area contributed by atoms with Crippen LogP contribution < -0.4 is 10.6 Å². The predicted octanol–water partition coefficient (Wildman–Crippen LogP) is 2.20. The van der Waals surface area contributed by atoms with E-state index in [0.717, 1.165) is 44.5 Å². The molecule has 1 saturated heterocycles. The van der Waals surface area contributed by atoms with Gasteiger partial charge in [-0.1, -0.05) is 13.3 Å². The third kappa shape index (κ3) is 3.10. The second kappa shape index (κ2) is 6.22. The number of carbonyl (C=O) groups is 1. The number of piperidine rings is 1. The van der Waals surface area contributed by atoms with Crippen molar-refractivity contribution in [1.82, 2.24) is 10.3 Å². The molecule has 1 aromatic heterocycles. The molecule has 0 bridgehead atoms. The monoisotopic (exact) mass is 277 g/mol. The highest BCUT2D eigenvalue weighted by Gasteiger charge is 2.38. The van der Waals surface area contributed by atoms with E-state index in [0.29, 0.717) is 0 Å². The summed E-state index contributed by atoms with van der Waals surface area (Å²) >= 11 is 0. The Morgan fingerprint density at radius 3 is 2.80 bits per heavy atom. The van der Waals surface area contributed by atoms with Crippen LogP contribution in [-0.4, -0.2) is 29.1 Å². The molecule has 0 spiro atoms. The van der Waals surface area contributed by atoms with Gasteiger partial charge in [-0.15, -0.1) is 0 Å². The smallest absolute Gasteiger partial charge is 0.231 e. The maximum absolute atomic E-state index is 12.7. The van der Waals surface area contributed by atoms with Crippen LogP contribution in [0.1, 0.15) is 38.3 Å². The van der Waals surface area contributed by atoms with Crippen molar-refractivity contribution >= 4 is 11.7 Å². The third-order valence-electron chi connectivity index (χ3n) is 4.02. The summed E-state index contributed by atoms with van der Waals surface area (Å²) in [6.45, 7) is 5.65. The zero-order valence-corrected chi connectivity index (χ0v) is 12.2. The van der Waals surface area contributed by atoms with Gasteiger partial charge in [0, 0.05) is 5.69 Å². The van der Waals surface area contributed by atoms with Gasteiger partial charge in [0.2, 0.25) is 5.91 Å². The molecule has 20 heavy (non-hydrogen) atoms. The lowest BCUT2D eigenvalue weighted by Gasteiger charge is -2.36. The molecule has 1 aromatic rings. The van der Waals surface area contributed by atoms with Crippen molar-refractivity contribution in [3.63, 3.8) is 0 Å². The SMILES string of the molecule is CCCC1(C(=O)Nc2nc(C)ccc2O)CCNCC1. The fourth-order valence-electron chi connectivity index (χ4n) is 2.86. The van der Waals surface area contributed by atoms with Crippen molar-refractivity contribution in [2.24, 2.45) is 5.41 Å². The topological polar surface area (TPSA) is 74.2 Å². The average molecular weight is 277 g/mol. The summed E-state index contributed by atoms with van der Waals surface area (Å²) in [5, 5.41) is 15.9. The normalized spacial score (nSPS) is 17.7. The van der Waals surface area contributed by atoms with E-state index in [1.54, 1.807) is 12.1 Å². The number of aromatic nitrogens is 1. The van der Waals surface area contributed by atoms with E-state index in [4.69, 9.17) is 0 Å². The van der Waals surface area contributed by atoms with Crippen molar-refractivity contribution < 1.29 is 9.90 Å². The summed E-state index contributed by atoms with van der Waals surface area (Å²) < 4.78 is 0. The number of aromatic hydroxyl groups is 1. The number of anilines is 1. The second-order valence-electron chi connectivity index (χ2n) is 5.55. The van der Waals surface area contributed by atoms with Gasteiger partial charge >= 0.3 is 0 Å². The fourth-order valence-corrected chi connectivity index (χ4v) is 2.86. The van der Waals surface area contributed by atoms with Crippen molar-refractivity contribution in [3.8, 4) is 5.75 Å². The summed E-state index contributed by atoms with van der Waals surface area (Å²) in [5.41, 5.74) is 0.436. The summed E-state index contributed by atoms with van der Waals surface area (Å²) in [4.78, 5) is 16.9. The molecule has 0 atom stereocenters. The average Bonchev–Trinajstić information content (AvgIpc) is 2.44. The maximum atomic E-state index is 12.7. The van der Waals surface area contributed by atoms with Crippen molar-refractivity contribution in [3.05, 3.63) is 17.8 Å². The van der Waals surface area contributed by atoms with E-state index in [9.17, 15) is 9.90 Å². The van der Waals surface area contributed by atoms with Crippen LogP contribution in [0.5, 0.6) is 5.75 Å². The van der Waals surface area contributed by atoms with Gasteiger partial charge in [0.25, 0.3) is 0 Å². The van der Waals surface area contributed by atoms with Crippen molar-refractivity contribution in [2.45, 2.75) is 39.5 Å². The minimum atomic E-state index is -0.335. The Kier molecular flexibility index (Phi) is 4.60. The lowest BCUT2D eigenvalue weighted by Crippen LogP contribution is -2.45. The van der Waals surface area contributed by atoms with Gasteiger partial charge in [0.15, 0.2) is 11.6 Å². The Balaban J connectivity index is 2.18. The molecule has 1 aliphatic rings. The molecular weight excluding hydrogens is 254 g/mol. The van der Waals surface area contributed by atoms with Crippen LogP contribution in [0, 0.1) is 12.3 Å². The molecule has 110 valence electrons. The molecule has 1 aliphatic heterocycles. The molecule has 0 aromatic carbocycles. The molecule has 2 heterocycles. The summed E-state index contributed by atoms with van der Waals surface area (Å²) in [6.07, 6.45) is 3.51. The summed E-state index contributed by atoms with van der Waals surface area (Å²) in [7, 11) is 0. The van der Waals surface area contributed by atoms with Crippen LogP contribution in [0.15, 0.2) is 12.1 Å². The van der Waals surface area contributed by atoms with E-state index < -0.39 is 0 Å². The van der Waals surface area contributed by atoms with Gasteiger partial charge in [-0.2, -0.15) is 0 Å². The van der Waals surface area contributed by atoms with Crippen LogP contribution in [-0.2, 0) is 4.79 Å². The fraction of sp³-hybridized carbons (Fsp3) is 0.600. The number of amides is 1. The number of carbonyl (C=O) groups excluding carboxylic acids is 1. The highest BCUT2D eigenvalue weighted by atomic mass is 16.3. The molecule has 1 fully saturated rings. The van der Waals surface area contributed by atoms with Gasteiger partial charge in [-0.3, -0.25) is 4.79 Å². The van der Waals surface area contributed by atoms with Gasteiger partial charge in [-0.05, 0) is 51.4 Å². The Bertz CT molecular complexity index is 476. The van der Waals surface area contributed by atoms with E-state index in [1.165, 1.54) is 0 Å². The Labute approximate surface area is 119 Å². The first kappa shape index (κ1) is 14.8. The molecule has 3 N–H and O–H groups in total. The quantitative estimate of drug-likeness (QED) is 0.789. The van der Waals surface area contributed by atoms with E-state index in [-0.39, 0.29) is 22.9 Å². The van der Waals surface area contributed by atoms with Crippen LogP contribution in [0.25, 0.3) is 0 Å².